The summed E-state index contributed by atoms with van der Waals surface area (Å²) in [6, 6.07) is 13.7. The average molecular weight is 362 g/mol. The van der Waals surface area contributed by atoms with Crippen molar-refractivity contribution >= 4 is 23.1 Å². The van der Waals surface area contributed by atoms with Crippen LogP contribution in [0.3, 0.4) is 0 Å². The first kappa shape index (κ1) is 18.4. The van der Waals surface area contributed by atoms with E-state index in [1.165, 1.54) is 18.0 Å². The molecule has 0 radical (unpaired) electrons. The van der Waals surface area contributed by atoms with Gasteiger partial charge in [0.2, 0.25) is 0 Å². The molecule has 0 atom stereocenters. The van der Waals surface area contributed by atoms with Gasteiger partial charge in [-0.2, -0.15) is 0 Å². The van der Waals surface area contributed by atoms with Crippen LogP contribution in [0.2, 0.25) is 0 Å². The maximum absolute atomic E-state index is 12.4. The minimum atomic E-state index is -0.342. The molecule has 138 valence electrons. The number of nitrogens with zero attached hydrogens (tertiary/aromatic N) is 2. The molecule has 0 aliphatic carbocycles. The second-order valence-electron chi connectivity index (χ2n) is 6.12. The van der Waals surface area contributed by atoms with Crippen molar-refractivity contribution in [3.63, 3.8) is 0 Å². The summed E-state index contributed by atoms with van der Waals surface area (Å²) in [7, 11) is 1.56. The quantitative estimate of drug-likeness (QED) is 0.682. The zero-order chi connectivity index (χ0) is 19.2. The second kappa shape index (κ2) is 8.31. The molecule has 0 fully saturated rings. The van der Waals surface area contributed by atoms with Crippen molar-refractivity contribution in [3.05, 3.63) is 71.7 Å². The van der Waals surface area contributed by atoms with Gasteiger partial charge in [-0.25, -0.2) is 9.97 Å². The summed E-state index contributed by atoms with van der Waals surface area (Å²) < 4.78 is 5.28. The molecule has 6 nitrogen and oxygen atoms in total. The molecule has 3 aromatic rings. The van der Waals surface area contributed by atoms with Crippen molar-refractivity contribution in [1.82, 2.24) is 9.97 Å². The van der Waals surface area contributed by atoms with Gasteiger partial charge in [-0.15, -0.1) is 0 Å². The minimum absolute atomic E-state index is 0.227. The van der Waals surface area contributed by atoms with E-state index in [9.17, 15) is 4.79 Å². The van der Waals surface area contributed by atoms with Gasteiger partial charge in [0.05, 0.1) is 25.2 Å². The Morgan fingerprint density at radius 1 is 1.07 bits per heavy atom. The molecule has 0 unspecified atom stereocenters. The van der Waals surface area contributed by atoms with Crippen LogP contribution < -0.4 is 15.4 Å². The molecule has 0 aliphatic heterocycles. The fourth-order valence-electron chi connectivity index (χ4n) is 2.59. The van der Waals surface area contributed by atoms with Gasteiger partial charge in [-0.1, -0.05) is 25.1 Å². The Hall–Kier alpha value is -3.41. The number of carbonyl (C=O) groups is 1. The number of hydrogen-bond donors (Lipinski definition) is 2. The van der Waals surface area contributed by atoms with E-state index in [0.29, 0.717) is 17.3 Å². The van der Waals surface area contributed by atoms with Crippen LogP contribution in [0.15, 0.2) is 54.9 Å². The average Bonchev–Trinajstić information content (AvgIpc) is 2.69. The lowest BCUT2D eigenvalue weighted by atomic mass is 10.1. The predicted octanol–water partition coefficient (Wildman–Crippen LogP) is 4.35. The van der Waals surface area contributed by atoms with E-state index in [0.717, 1.165) is 17.7 Å². The molecule has 0 aliphatic rings. The van der Waals surface area contributed by atoms with Gasteiger partial charge >= 0.3 is 0 Å². The largest absolute Gasteiger partial charge is 0.495 e. The maximum Gasteiger partial charge on any atom is 0.275 e. The van der Waals surface area contributed by atoms with Gasteiger partial charge in [-0.3, -0.25) is 4.79 Å². The predicted molar refractivity (Wildman–Crippen MR) is 107 cm³/mol. The van der Waals surface area contributed by atoms with Gasteiger partial charge in [0.1, 0.15) is 17.3 Å². The fraction of sp³-hybridized carbons (Fsp3) is 0.190. The van der Waals surface area contributed by atoms with Gasteiger partial charge in [0.15, 0.2) is 0 Å². The molecule has 1 aromatic heterocycles. The van der Waals surface area contributed by atoms with Crippen LogP contribution in [-0.2, 0) is 6.42 Å². The second-order valence-corrected chi connectivity index (χ2v) is 6.12. The number of aromatic nitrogens is 2. The van der Waals surface area contributed by atoms with E-state index in [2.05, 4.69) is 39.7 Å². The Balaban J connectivity index is 1.69. The summed E-state index contributed by atoms with van der Waals surface area (Å²) in [5.74, 6) is 0.824. The number of nitrogens with one attached hydrogen (secondary N) is 2. The zero-order valence-corrected chi connectivity index (χ0v) is 15.6. The molecule has 27 heavy (non-hydrogen) atoms. The number of hydrogen-bond acceptors (Lipinski definition) is 5. The minimum Gasteiger partial charge on any atom is -0.495 e. The van der Waals surface area contributed by atoms with Gasteiger partial charge < -0.3 is 15.4 Å². The maximum atomic E-state index is 12.4. The highest BCUT2D eigenvalue weighted by Gasteiger charge is 2.12. The number of methoxy groups -OCH3 is 1. The first-order valence-electron chi connectivity index (χ1n) is 8.73. The Morgan fingerprint density at radius 2 is 1.85 bits per heavy atom. The van der Waals surface area contributed by atoms with E-state index < -0.39 is 0 Å². The van der Waals surface area contributed by atoms with E-state index in [4.69, 9.17) is 4.74 Å². The lowest BCUT2D eigenvalue weighted by Gasteiger charge is -2.11. The first-order chi connectivity index (χ1) is 13.1. The van der Waals surface area contributed by atoms with Gasteiger partial charge in [0.25, 0.3) is 5.91 Å². The monoisotopic (exact) mass is 362 g/mol. The van der Waals surface area contributed by atoms with Crippen LogP contribution in [0.5, 0.6) is 5.75 Å². The van der Waals surface area contributed by atoms with Crippen LogP contribution in [0, 0.1) is 6.92 Å². The molecular formula is C21H22N4O2. The molecule has 0 saturated heterocycles. The van der Waals surface area contributed by atoms with E-state index in [1.807, 2.05) is 37.3 Å². The number of rotatable bonds is 6. The van der Waals surface area contributed by atoms with Crippen molar-refractivity contribution in [2.24, 2.45) is 0 Å². The fourth-order valence-corrected chi connectivity index (χ4v) is 2.59. The molecule has 6 heteroatoms. The van der Waals surface area contributed by atoms with Crippen molar-refractivity contribution in [2.45, 2.75) is 20.3 Å². The van der Waals surface area contributed by atoms with Crippen molar-refractivity contribution in [3.8, 4) is 5.75 Å². The smallest absolute Gasteiger partial charge is 0.275 e. The van der Waals surface area contributed by atoms with Gasteiger partial charge in [0, 0.05) is 5.69 Å². The summed E-state index contributed by atoms with van der Waals surface area (Å²) in [4.78, 5) is 20.9. The standard InChI is InChI=1S/C21H22N4O2/c1-4-15-6-8-16(9-7-15)24-20-13-22-18(12-23-20)21(26)25-17-11-14(2)5-10-19(17)27-3/h5-13H,4H2,1-3H3,(H,23,24)(H,25,26). The third-order valence-corrected chi connectivity index (χ3v) is 4.12. The molecule has 2 aromatic carbocycles. The van der Waals surface area contributed by atoms with E-state index >= 15 is 0 Å². The number of ether oxygens (including phenoxy) is 1. The normalized spacial score (nSPS) is 10.3. The summed E-state index contributed by atoms with van der Waals surface area (Å²) >= 11 is 0. The Morgan fingerprint density at radius 3 is 2.48 bits per heavy atom. The topological polar surface area (TPSA) is 76.1 Å². The highest BCUT2D eigenvalue weighted by molar-refractivity contribution is 6.03. The van der Waals surface area contributed by atoms with Crippen LogP contribution in [0.25, 0.3) is 0 Å². The Labute approximate surface area is 158 Å². The number of carbonyl (C=O) groups excluding carboxylic acids is 1. The highest BCUT2D eigenvalue weighted by Crippen LogP contribution is 2.25. The molecule has 1 amide bonds. The molecule has 0 saturated carbocycles. The van der Waals surface area contributed by atoms with Crippen molar-refractivity contribution < 1.29 is 9.53 Å². The molecule has 0 bridgehead atoms. The van der Waals surface area contributed by atoms with Crippen LogP contribution in [0.1, 0.15) is 28.5 Å². The van der Waals surface area contributed by atoms with Crippen molar-refractivity contribution in [1.29, 1.82) is 0 Å². The van der Waals surface area contributed by atoms with Crippen LogP contribution in [-0.4, -0.2) is 23.0 Å². The number of amides is 1. The summed E-state index contributed by atoms with van der Waals surface area (Å²) in [5.41, 5.74) is 4.03. The van der Waals surface area contributed by atoms with E-state index in [1.54, 1.807) is 7.11 Å². The summed E-state index contributed by atoms with van der Waals surface area (Å²) in [5, 5.41) is 5.98. The first-order valence-corrected chi connectivity index (χ1v) is 8.73. The third-order valence-electron chi connectivity index (χ3n) is 4.12. The van der Waals surface area contributed by atoms with Crippen molar-refractivity contribution in [2.75, 3.05) is 17.7 Å². The molecule has 0 spiro atoms. The molecule has 1 heterocycles. The van der Waals surface area contributed by atoms with Crippen LogP contribution in [0.4, 0.5) is 17.2 Å². The zero-order valence-electron chi connectivity index (χ0n) is 15.6. The number of aryl methyl sites for hydroxylation is 2. The van der Waals surface area contributed by atoms with Crippen LogP contribution >= 0.6 is 0 Å². The Kier molecular flexibility index (Phi) is 5.66. The lowest BCUT2D eigenvalue weighted by molar-refractivity contribution is 0.102. The molecule has 3 rings (SSSR count). The number of anilines is 3. The summed E-state index contributed by atoms with van der Waals surface area (Å²) in [6.07, 6.45) is 3.98. The lowest BCUT2D eigenvalue weighted by Crippen LogP contribution is -2.15. The SMILES string of the molecule is CCc1ccc(Nc2cnc(C(=O)Nc3cc(C)ccc3OC)cn2)cc1. The third kappa shape index (κ3) is 4.61. The molecular weight excluding hydrogens is 340 g/mol. The van der Waals surface area contributed by atoms with Gasteiger partial charge in [-0.05, 0) is 48.7 Å². The Bertz CT molecular complexity index is 922. The number of benzene rings is 2. The summed E-state index contributed by atoms with van der Waals surface area (Å²) in [6.45, 7) is 4.06. The van der Waals surface area contributed by atoms with E-state index in [-0.39, 0.29) is 11.6 Å². The highest BCUT2D eigenvalue weighted by atomic mass is 16.5. The molecule has 2 N–H and O–H groups in total.